The largest absolute Gasteiger partial charge is 0.478 e. The molecule has 26 heavy (non-hydrogen) atoms. The molecule has 0 radical (unpaired) electrons. The Balaban J connectivity index is 1.66. The van der Waals surface area contributed by atoms with Gasteiger partial charge >= 0.3 is 5.97 Å². The van der Waals surface area contributed by atoms with Gasteiger partial charge in [-0.05, 0) is 55.8 Å². The van der Waals surface area contributed by atoms with Gasteiger partial charge in [-0.25, -0.2) is 9.78 Å². The molecular weight excluding hydrogens is 326 g/mol. The van der Waals surface area contributed by atoms with Crippen LogP contribution >= 0.6 is 0 Å². The molecule has 1 aliphatic heterocycles. The van der Waals surface area contributed by atoms with Gasteiger partial charge in [0.05, 0.1) is 5.56 Å². The van der Waals surface area contributed by atoms with E-state index in [0.29, 0.717) is 0 Å². The van der Waals surface area contributed by atoms with E-state index < -0.39 is 5.97 Å². The number of carboxylic acid groups (broad SMARTS) is 1. The zero-order valence-electron chi connectivity index (χ0n) is 14.5. The molecule has 0 spiro atoms. The van der Waals surface area contributed by atoms with Crippen LogP contribution in [0.15, 0.2) is 60.9 Å². The third-order valence-electron chi connectivity index (χ3n) is 4.80. The number of carboxylic acids is 1. The SMILES string of the molecule is O=C(O)c1cccc(-c2nccn2-c2cccc(CN3CCCC3)c2)c1. The molecule has 5 nitrogen and oxygen atoms in total. The summed E-state index contributed by atoms with van der Waals surface area (Å²) in [7, 11) is 0. The molecule has 1 saturated heterocycles. The van der Waals surface area contributed by atoms with E-state index in [-0.39, 0.29) is 5.56 Å². The lowest BCUT2D eigenvalue weighted by molar-refractivity contribution is 0.0697. The van der Waals surface area contributed by atoms with Crippen molar-refractivity contribution in [2.24, 2.45) is 0 Å². The van der Waals surface area contributed by atoms with Gasteiger partial charge in [0.25, 0.3) is 0 Å². The van der Waals surface area contributed by atoms with Gasteiger partial charge in [-0.15, -0.1) is 0 Å². The first kappa shape index (κ1) is 16.5. The first-order valence-corrected chi connectivity index (χ1v) is 8.89. The van der Waals surface area contributed by atoms with Crippen LogP contribution in [0.5, 0.6) is 0 Å². The van der Waals surface area contributed by atoms with E-state index in [2.05, 4.69) is 34.1 Å². The highest BCUT2D eigenvalue weighted by atomic mass is 16.4. The Morgan fingerprint density at radius 1 is 1.08 bits per heavy atom. The first-order chi connectivity index (χ1) is 12.7. The van der Waals surface area contributed by atoms with Gasteiger partial charge in [-0.3, -0.25) is 9.47 Å². The molecule has 0 atom stereocenters. The van der Waals surface area contributed by atoms with Crippen LogP contribution in [-0.2, 0) is 6.54 Å². The standard InChI is InChI=1S/C21H21N3O2/c25-21(26)18-7-4-6-17(14-18)20-22-9-12-24(20)19-8-3-5-16(13-19)15-23-10-1-2-11-23/h3-9,12-14H,1-2,10-11,15H2,(H,25,26). The van der Waals surface area contributed by atoms with Crippen LogP contribution in [0.25, 0.3) is 17.1 Å². The van der Waals surface area contributed by atoms with Crippen molar-refractivity contribution in [1.29, 1.82) is 0 Å². The van der Waals surface area contributed by atoms with E-state index in [1.807, 2.05) is 16.8 Å². The summed E-state index contributed by atoms with van der Waals surface area (Å²) >= 11 is 0. The molecule has 2 aromatic carbocycles. The fourth-order valence-corrected chi connectivity index (χ4v) is 3.52. The Morgan fingerprint density at radius 3 is 2.69 bits per heavy atom. The maximum Gasteiger partial charge on any atom is 0.335 e. The quantitative estimate of drug-likeness (QED) is 0.762. The van der Waals surface area contributed by atoms with E-state index in [9.17, 15) is 9.90 Å². The molecule has 0 unspecified atom stereocenters. The average Bonchev–Trinajstić information content (AvgIpc) is 3.34. The minimum atomic E-state index is -0.933. The highest BCUT2D eigenvalue weighted by Gasteiger charge is 2.14. The van der Waals surface area contributed by atoms with Crippen molar-refractivity contribution in [3.05, 3.63) is 72.1 Å². The second-order valence-corrected chi connectivity index (χ2v) is 6.66. The van der Waals surface area contributed by atoms with Crippen LogP contribution < -0.4 is 0 Å². The number of likely N-dealkylation sites (tertiary alicyclic amines) is 1. The number of hydrogen-bond donors (Lipinski definition) is 1. The van der Waals surface area contributed by atoms with Crippen LogP contribution in [0.1, 0.15) is 28.8 Å². The smallest absolute Gasteiger partial charge is 0.335 e. The Morgan fingerprint density at radius 2 is 1.88 bits per heavy atom. The molecule has 1 aromatic heterocycles. The highest BCUT2D eigenvalue weighted by molar-refractivity contribution is 5.89. The summed E-state index contributed by atoms with van der Waals surface area (Å²) in [5.41, 5.74) is 3.37. The predicted octanol–water partition coefficient (Wildman–Crippen LogP) is 3.83. The van der Waals surface area contributed by atoms with E-state index in [1.54, 1.807) is 24.4 Å². The Kier molecular flexibility index (Phi) is 4.54. The molecule has 1 fully saturated rings. The van der Waals surface area contributed by atoms with Crippen LogP contribution in [0, 0.1) is 0 Å². The Bertz CT molecular complexity index is 926. The van der Waals surface area contributed by atoms with Gasteiger partial charge in [0.15, 0.2) is 0 Å². The Labute approximate surface area is 152 Å². The molecule has 4 rings (SSSR count). The summed E-state index contributed by atoms with van der Waals surface area (Å²) in [4.78, 5) is 18.2. The van der Waals surface area contributed by atoms with Crippen molar-refractivity contribution >= 4 is 5.97 Å². The molecule has 2 heterocycles. The molecule has 0 aliphatic carbocycles. The van der Waals surface area contributed by atoms with Gasteiger partial charge in [-0.1, -0.05) is 24.3 Å². The monoisotopic (exact) mass is 347 g/mol. The van der Waals surface area contributed by atoms with Gasteiger partial charge in [0.1, 0.15) is 5.82 Å². The second-order valence-electron chi connectivity index (χ2n) is 6.66. The maximum atomic E-state index is 11.3. The number of aromatic nitrogens is 2. The number of rotatable bonds is 5. The molecule has 132 valence electrons. The maximum absolute atomic E-state index is 11.3. The third kappa shape index (κ3) is 3.39. The minimum Gasteiger partial charge on any atom is -0.478 e. The number of carbonyl (C=O) groups is 1. The van der Waals surface area contributed by atoms with Crippen LogP contribution in [0.2, 0.25) is 0 Å². The molecule has 1 aliphatic rings. The normalized spacial score (nSPS) is 14.6. The van der Waals surface area contributed by atoms with Crippen molar-refractivity contribution in [1.82, 2.24) is 14.5 Å². The van der Waals surface area contributed by atoms with Gasteiger partial charge in [0, 0.05) is 30.2 Å². The zero-order chi connectivity index (χ0) is 17.9. The first-order valence-electron chi connectivity index (χ1n) is 8.89. The summed E-state index contributed by atoms with van der Waals surface area (Å²) in [5.74, 6) is -0.191. The van der Waals surface area contributed by atoms with E-state index in [4.69, 9.17) is 0 Å². The van der Waals surface area contributed by atoms with Crippen molar-refractivity contribution in [2.75, 3.05) is 13.1 Å². The fraction of sp³-hybridized carbons (Fsp3) is 0.238. The van der Waals surface area contributed by atoms with Gasteiger partial charge in [0.2, 0.25) is 0 Å². The van der Waals surface area contributed by atoms with E-state index >= 15 is 0 Å². The van der Waals surface area contributed by atoms with Gasteiger partial charge in [-0.2, -0.15) is 0 Å². The number of hydrogen-bond acceptors (Lipinski definition) is 3. The summed E-state index contributed by atoms with van der Waals surface area (Å²) in [6.07, 6.45) is 6.23. The summed E-state index contributed by atoms with van der Waals surface area (Å²) in [6, 6.07) is 15.4. The lowest BCUT2D eigenvalue weighted by Crippen LogP contribution is -2.18. The van der Waals surface area contributed by atoms with Crippen molar-refractivity contribution < 1.29 is 9.90 Å². The topological polar surface area (TPSA) is 58.4 Å². The summed E-state index contributed by atoms with van der Waals surface area (Å²) in [6.45, 7) is 3.30. The molecule has 5 heteroatoms. The lowest BCUT2D eigenvalue weighted by Gasteiger charge is -2.16. The molecule has 1 N–H and O–H groups in total. The molecular formula is C21H21N3O2. The van der Waals surface area contributed by atoms with Crippen molar-refractivity contribution in [3.63, 3.8) is 0 Å². The number of benzene rings is 2. The van der Waals surface area contributed by atoms with E-state index in [1.165, 1.54) is 31.5 Å². The summed E-state index contributed by atoms with van der Waals surface area (Å²) < 4.78 is 2.01. The zero-order valence-corrected chi connectivity index (χ0v) is 14.5. The van der Waals surface area contributed by atoms with Crippen LogP contribution in [0.4, 0.5) is 0 Å². The highest BCUT2D eigenvalue weighted by Crippen LogP contribution is 2.24. The number of aromatic carboxylic acids is 1. The molecule has 0 bridgehead atoms. The summed E-state index contributed by atoms with van der Waals surface area (Å²) in [5, 5.41) is 9.23. The number of imidazole rings is 1. The minimum absolute atomic E-state index is 0.264. The molecule has 3 aromatic rings. The predicted molar refractivity (Wildman–Crippen MR) is 100 cm³/mol. The number of nitrogens with zero attached hydrogens (tertiary/aromatic N) is 3. The van der Waals surface area contributed by atoms with Crippen molar-refractivity contribution in [3.8, 4) is 17.1 Å². The average molecular weight is 347 g/mol. The fourth-order valence-electron chi connectivity index (χ4n) is 3.52. The van der Waals surface area contributed by atoms with Crippen molar-refractivity contribution in [2.45, 2.75) is 19.4 Å². The van der Waals surface area contributed by atoms with E-state index in [0.717, 1.165) is 23.6 Å². The second kappa shape index (κ2) is 7.14. The molecule has 0 amide bonds. The molecule has 0 saturated carbocycles. The van der Waals surface area contributed by atoms with Crippen LogP contribution in [-0.4, -0.2) is 38.6 Å². The lowest BCUT2D eigenvalue weighted by atomic mass is 10.1. The van der Waals surface area contributed by atoms with Crippen LogP contribution in [0.3, 0.4) is 0 Å². The third-order valence-corrected chi connectivity index (χ3v) is 4.80. The van der Waals surface area contributed by atoms with Gasteiger partial charge < -0.3 is 5.11 Å². The Hall–Kier alpha value is -2.92.